The number of nitrogens with one attached hydrogen (secondary N) is 1. The first-order valence-electron chi connectivity index (χ1n) is 12.5. The van der Waals surface area contributed by atoms with Gasteiger partial charge in [0.15, 0.2) is 11.6 Å². The summed E-state index contributed by atoms with van der Waals surface area (Å²) >= 11 is 6.41. The second-order valence-electron chi connectivity index (χ2n) is 10.4. The van der Waals surface area contributed by atoms with Gasteiger partial charge >= 0.3 is 0 Å². The molecule has 0 saturated heterocycles. The first-order chi connectivity index (χ1) is 18.7. The zero-order valence-electron chi connectivity index (χ0n) is 22.7. The van der Waals surface area contributed by atoms with E-state index in [-0.39, 0.29) is 18.7 Å². The van der Waals surface area contributed by atoms with Crippen LogP contribution in [0.1, 0.15) is 31.9 Å². The number of amides is 2. The van der Waals surface area contributed by atoms with E-state index in [1.165, 1.54) is 4.90 Å². The Balaban J connectivity index is 2.10. The fraction of sp³-hybridized carbons (Fsp3) is 0.310. The van der Waals surface area contributed by atoms with Crippen LogP contribution in [-0.4, -0.2) is 49.5 Å². The number of benzene rings is 3. The van der Waals surface area contributed by atoms with E-state index in [9.17, 15) is 26.8 Å². The molecule has 1 unspecified atom stereocenters. The summed E-state index contributed by atoms with van der Waals surface area (Å²) in [7, 11) is -4.12. The standard InChI is InChI=1S/C29H32ClF2N3O4S/c1-29(2,3)33-28(37)26(16-20-10-6-5-7-11-20)34(18-21-12-8-9-13-23(21)30)27(36)19-35(40(4,38)39)22-14-15-24(31)25(32)17-22/h5-15,17,26H,16,18-19H2,1-4H3,(H,33,37). The maximum atomic E-state index is 14.0. The van der Waals surface area contributed by atoms with Crippen molar-refractivity contribution in [1.29, 1.82) is 0 Å². The Hall–Kier alpha value is -3.50. The number of carbonyl (C=O) groups excluding carboxylic acids is 2. The van der Waals surface area contributed by atoms with Crippen molar-refractivity contribution in [2.24, 2.45) is 0 Å². The third-order valence-corrected chi connectivity index (χ3v) is 7.45. The fourth-order valence-electron chi connectivity index (χ4n) is 4.07. The average molecular weight is 592 g/mol. The normalized spacial score (nSPS) is 12.5. The van der Waals surface area contributed by atoms with Crippen LogP contribution in [0.3, 0.4) is 0 Å². The van der Waals surface area contributed by atoms with E-state index < -0.39 is 51.6 Å². The van der Waals surface area contributed by atoms with Gasteiger partial charge in [-0.1, -0.05) is 60.1 Å². The molecular formula is C29H32ClF2N3O4S. The maximum Gasteiger partial charge on any atom is 0.244 e. The van der Waals surface area contributed by atoms with Crippen LogP contribution in [0.5, 0.6) is 0 Å². The lowest BCUT2D eigenvalue weighted by molar-refractivity contribution is -0.140. The van der Waals surface area contributed by atoms with Gasteiger partial charge in [0.1, 0.15) is 12.6 Å². The monoisotopic (exact) mass is 591 g/mol. The highest BCUT2D eigenvalue weighted by molar-refractivity contribution is 7.92. The van der Waals surface area contributed by atoms with Crippen molar-refractivity contribution in [1.82, 2.24) is 10.2 Å². The summed E-state index contributed by atoms with van der Waals surface area (Å²) in [6.07, 6.45) is 0.983. The van der Waals surface area contributed by atoms with Crippen molar-refractivity contribution in [2.45, 2.75) is 45.3 Å². The van der Waals surface area contributed by atoms with Gasteiger partial charge in [-0.25, -0.2) is 17.2 Å². The highest BCUT2D eigenvalue weighted by Gasteiger charge is 2.34. The molecule has 0 bridgehead atoms. The van der Waals surface area contributed by atoms with E-state index in [2.05, 4.69) is 5.32 Å². The Kier molecular flexibility index (Phi) is 9.92. The molecule has 3 rings (SSSR count). The van der Waals surface area contributed by atoms with E-state index in [1.807, 2.05) is 30.3 Å². The minimum absolute atomic E-state index is 0.108. The predicted molar refractivity (Wildman–Crippen MR) is 152 cm³/mol. The minimum atomic E-state index is -4.12. The SMILES string of the molecule is CC(C)(C)NC(=O)C(Cc1ccccc1)N(Cc1ccccc1Cl)C(=O)CN(c1ccc(F)c(F)c1)S(C)(=O)=O. The molecule has 7 nitrogen and oxygen atoms in total. The highest BCUT2D eigenvalue weighted by Crippen LogP contribution is 2.24. The van der Waals surface area contributed by atoms with Gasteiger partial charge in [0.25, 0.3) is 0 Å². The summed E-state index contributed by atoms with van der Waals surface area (Å²) in [5.41, 5.74) is 0.452. The van der Waals surface area contributed by atoms with Crippen molar-refractivity contribution in [3.8, 4) is 0 Å². The van der Waals surface area contributed by atoms with E-state index in [0.29, 0.717) is 21.0 Å². The lowest BCUT2D eigenvalue weighted by atomic mass is 10.0. The number of anilines is 1. The van der Waals surface area contributed by atoms with E-state index in [4.69, 9.17) is 11.6 Å². The van der Waals surface area contributed by atoms with Crippen LogP contribution in [0.4, 0.5) is 14.5 Å². The second kappa shape index (κ2) is 12.8. The Labute approximate surface area is 238 Å². The Morgan fingerprint density at radius 2 is 1.57 bits per heavy atom. The van der Waals surface area contributed by atoms with E-state index >= 15 is 0 Å². The van der Waals surface area contributed by atoms with Crippen molar-refractivity contribution in [3.05, 3.63) is 101 Å². The molecule has 0 aliphatic heterocycles. The number of halogens is 3. The summed E-state index contributed by atoms with van der Waals surface area (Å²) < 4.78 is 53.7. The van der Waals surface area contributed by atoms with Crippen LogP contribution < -0.4 is 9.62 Å². The first-order valence-corrected chi connectivity index (χ1v) is 14.7. The lowest BCUT2D eigenvalue weighted by Crippen LogP contribution is -2.56. The van der Waals surface area contributed by atoms with Gasteiger partial charge in [0.05, 0.1) is 11.9 Å². The molecule has 3 aromatic carbocycles. The molecular weight excluding hydrogens is 560 g/mol. The van der Waals surface area contributed by atoms with E-state index in [0.717, 1.165) is 24.0 Å². The third kappa shape index (κ3) is 8.50. The van der Waals surface area contributed by atoms with Crippen molar-refractivity contribution in [3.63, 3.8) is 0 Å². The molecule has 1 atom stereocenters. The molecule has 0 radical (unpaired) electrons. The topological polar surface area (TPSA) is 86.8 Å². The van der Waals surface area contributed by atoms with Crippen molar-refractivity contribution >= 4 is 39.1 Å². The molecule has 0 aliphatic carbocycles. The van der Waals surface area contributed by atoms with Crippen LogP contribution in [0.25, 0.3) is 0 Å². The number of carbonyl (C=O) groups is 2. The molecule has 40 heavy (non-hydrogen) atoms. The first kappa shape index (κ1) is 31.0. The van der Waals surface area contributed by atoms with Gasteiger partial charge in [-0.15, -0.1) is 0 Å². The quantitative estimate of drug-likeness (QED) is 0.362. The van der Waals surface area contributed by atoms with Crippen LogP contribution in [0, 0.1) is 11.6 Å². The van der Waals surface area contributed by atoms with Gasteiger partial charge in [0.2, 0.25) is 21.8 Å². The summed E-state index contributed by atoms with van der Waals surface area (Å²) in [4.78, 5) is 28.9. The van der Waals surface area contributed by atoms with Gasteiger partial charge in [-0.05, 0) is 50.1 Å². The molecule has 3 aromatic rings. The number of nitrogens with zero attached hydrogens (tertiary/aromatic N) is 2. The van der Waals surface area contributed by atoms with Gasteiger partial charge in [-0.3, -0.25) is 13.9 Å². The molecule has 0 heterocycles. The summed E-state index contributed by atoms with van der Waals surface area (Å²) in [6, 6.07) is 17.4. The summed E-state index contributed by atoms with van der Waals surface area (Å²) in [6.45, 7) is 4.54. The molecule has 2 amide bonds. The van der Waals surface area contributed by atoms with Crippen LogP contribution in [0.2, 0.25) is 5.02 Å². The Morgan fingerprint density at radius 1 is 0.950 bits per heavy atom. The Morgan fingerprint density at radius 3 is 2.15 bits per heavy atom. The summed E-state index contributed by atoms with van der Waals surface area (Å²) in [5, 5.41) is 3.27. The number of hydrogen-bond acceptors (Lipinski definition) is 4. The largest absolute Gasteiger partial charge is 0.350 e. The minimum Gasteiger partial charge on any atom is -0.350 e. The predicted octanol–water partition coefficient (Wildman–Crippen LogP) is 4.94. The molecule has 0 spiro atoms. The smallest absolute Gasteiger partial charge is 0.244 e. The maximum absolute atomic E-state index is 14.0. The van der Waals surface area contributed by atoms with Crippen LogP contribution in [-0.2, 0) is 32.6 Å². The van der Waals surface area contributed by atoms with Gasteiger partial charge < -0.3 is 10.2 Å². The molecule has 0 aromatic heterocycles. The molecule has 1 N–H and O–H groups in total. The van der Waals surface area contributed by atoms with Crippen molar-refractivity contribution < 1.29 is 26.8 Å². The number of hydrogen-bond donors (Lipinski definition) is 1. The molecule has 0 fully saturated rings. The highest BCUT2D eigenvalue weighted by atomic mass is 35.5. The number of sulfonamides is 1. The van der Waals surface area contributed by atoms with Gasteiger partial charge in [0, 0.05) is 29.6 Å². The average Bonchev–Trinajstić information content (AvgIpc) is 2.86. The van der Waals surface area contributed by atoms with Crippen LogP contribution >= 0.6 is 11.6 Å². The summed E-state index contributed by atoms with van der Waals surface area (Å²) in [5.74, 6) is -3.61. The second-order valence-corrected chi connectivity index (χ2v) is 12.7. The zero-order valence-corrected chi connectivity index (χ0v) is 24.3. The van der Waals surface area contributed by atoms with E-state index in [1.54, 1.807) is 45.0 Å². The van der Waals surface area contributed by atoms with Gasteiger partial charge in [-0.2, -0.15) is 0 Å². The zero-order chi connectivity index (χ0) is 29.7. The third-order valence-electron chi connectivity index (χ3n) is 5.94. The number of rotatable bonds is 10. The fourth-order valence-corrected chi connectivity index (χ4v) is 5.11. The lowest BCUT2D eigenvalue weighted by Gasteiger charge is -2.35. The molecule has 11 heteroatoms. The Bertz CT molecular complexity index is 1460. The van der Waals surface area contributed by atoms with Crippen LogP contribution in [0.15, 0.2) is 72.8 Å². The molecule has 0 saturated carbocycles. The molecule has 214 valence electrons. The van der Waals surface area contributed by atoms with Crippen molar-refractivity contribution in [2.75, 3.05) is 17.1 Å². The molecule has 0 aliphatic rings.